The van der Waals surface area contributed by atoms with Crippen LogP contribution in [0.3, 0.4) is 0 Å². The summed E-state index contributed by atoms with van der Waals surface area (Å²) < 4.78 is 2.65. The number of aromatic nitrogens is 3. The van der Waals surface area contributed by atoms with Crippen LogP contribution in [0.25, 0.3) is 17.0 Å². The average Bonchev–Trinajstić information content (AvgIpc) is 2.68. The summed E-state index contributed by atoms with van der Waals surface area (Å²) in [5.74, 6) is 0.627. The lowest BCUT2D eigenvalue weighted by Crippen LogP contribution is -1.93. The van der Waals surface area contributed by atoms with Crippen molar-refractivity contribution < 1.29 is 0 Å². The molecule has 0 aliphatic heterocycles. The van der Waals surface area contributed by atoms with Crippen molar-refractivity contribution in [3.05, 3.63) is 50.3 Å². The van der Waals surface area contributed by atoms with E-state index in [0.717, 1.165) is 10.0 Å². The smallest absolute Gasteiger partial charge is 0.179 e. The van der Waals surface area contributed by atoms with Crippen LogP contribution in [-0.4, -0.2) is 14.4 Å². The van der Waals surface area contributed by atoms with Crippen molar-refractivity contribution in [2.75, 3.05) is 0 Å². The Balaban J connectivity index is 2.33. The molecule has 2 heterocycles. The van der Waals surface area contributed by atoms with Gasteiger partial charge in [0.1, 0.15) is 16.1 Å². The molecule has 0 radical (unpaired) electrons. The molecule has 3 nitrogen and oxygen atoms in total. The SMILES string of the molecule is Clc1cc(Cl)n2c(-c3ccc(Br)cc3)nc(Cl)c2n1. The summed E-state index contributed by atoms with van der Waals surface area (Å²) in [6.45, 7) is 0. The maximum Gasteiger partial charge on any atom is 0.179 e. The molecule has 0 aliphatic rings. The van der Waals surface area contributed by atoms with Crippen LogP contribution in [0.1, 0.15) is 0 Å². The van der Waals surface area contributed by atoms with Gasteiger partial charge in [-0.3, -0.25) is 4.40 Å². The van der Waals surface area contributed by atoms with Gasteiger partial charge in [-0.15, -0.1) is 0 Å². The Bertz CT molecular complexity index is 768. The number of nitrogens with zero attached hydrogens (tertiary/aromatic N) is 3. The summed E-state index contributed by atoms with van der Waals surface area (Å²) in [6, 6.07) is 9.22. The molecule has 1 aromatic carbocycles. The Morgan fingerprint density at radius 2 is 1.68 bits per heavy atom. The van der Waals surface area contributed by atoms with Crippen LogP contribution in [0.2, 0.25) is 15.5 Å². The third-order valence-electron chi connectivity index (χ3n) is 2.58. The minimum absolute atomic E-state index is 0.266. The molecular weight excluding hydrogens is 372 g/mol. The van der Waals surface area contributed by atoms with Crippen molar-refractivity contribution in [2.45, 2.75) is 0 Å². The molecular formula is C12H5BrCl3N3. The normalized spacial score (nSPS) is 11.2. The second kappa shape index (κ2) is 4.94. The van der Waals surface area contributed by atoms with Gasteiger partial charge in [0.05, 0.1) is 0 Å². The van der Waals surface area contributed by atoms with Gasteiger partial charge < -0.3 is 0 Å². The van der Waals surface area contributed by atoms with Crippen LogP contribution in [-0.2, 0) is 0 Å². The molecule has 3 aromatic rings. The lowest BCUT2D eigenvalue weighted by molar-refractivity contribution is 1.12. The molecule has 0 bridgehead atoms. The van der Waals surface area contributed by atoms with Crippen molar-refractivity contribution in [2.24, 2.45) is 0 Å². The lowest BCUT2D eigenvalue weighted by atomic mass is 10.2. The average molecular weight is 377 g/mol. The van der Waals surface area contributed by atoms with Crippen molar-refractivity contribution in [1.82, 2.24) is 14.4 Å². The fourth-order valence-corrected chi connectivity index (χ4v) is 2.75. The molecule has 0 unspecified atom stereocenters. The maximum atomic E-state index is 6.19. The number of imidazole rings is 1. The van der Waals surface area contributed by atoms with E-state index >= 15 is 0 Å². The molecule has 0 saturated heterocycles. The molecule has 0 spiro atoms. The van der Waals surface area contributed by atoms with Gasteiger partial charge in [-0.25, -0.2) is 9.97 Å². The number of fused-ring (bicyclic) bond motifs is 1. The van der Waals surface area contributed by atoms with Crippen LogP contribution in [0.4, 0.5) is 0 Å². The molecule has 2 aromatic heterocycles. The highest BCUT2D eigenvalue weighted by molar-refractivity contribution is 9.10. The maximum absolute atomic E-state index is 6.19. The molecule has 96 valence electrons. The van der Waals surface area contributed by atoms with Crippen LogP contribution < -0.4 is 0 Å². The highest BCUT2D eigenvalue weighted by atomic mass is 79.9. The van der Waals surface area contributed by atoms with E-state index in [0.29, 0.717) is 16.6 Å². The summed E-state index contributed by atoms with van der Waals surface area (Å²) in [5, 5.41) is 0.955. The summed E-state index contributed by atoms with van der Waals surface area (Å²) in [6.07, 6.45) is 0. The summed E-state index contributed by atoms with van der Waals surface area (Å²) >= 11 is 21.5. The van der Waals surface area contributed by atoms with Crippen molar-refractivity contribution in [3.8, 4) is 11.4 Å². The van der Waals surface area contributed by atoms with Crippen LogP contribution >= 0.6 is 50.7 Å². The van der Waals surface area contributed by atoms with Gasteiger partial charge in [0.25, 0.3) is 0 Å². The quantitative estimate of drug-likeness (QED) is 0.551. The first-order valence-corrected chi connectivity index (χ1v) is 7.15. The molecule has 0 saturated carbocycles. The predicted octanol–water partition coefficient (Wildman–Crippen LogP) is 5.12. The highest BCUT2D eigenvalue weighted by Gasteiger charge is 2.15. The summed E-state index contributed by atoms with van der Waals surface area (Å²) in [4.78, 5) is 8.44. The van der Waals surface area contributed by atoms with Crippen LogP contribution in [0, 0.1) is 0 Å². The van der Waals surface area contributed by atoms with Gasteiger partial charge in [-0.2, -0.15) is 0 Å². The lowest BCUT2D eigenvalue weighted by Gasteiger charge is -2.03. The van der Waals surface area contributed by atoms with E-state index in [4.69, 9.17) is 34.8 Å². The zero-order valence-electron chi connectivity index (χ0n) is 9.24. The van der Waals surface area contributed by atoms with Gasteiger partial charge in [-0.05, 0) is 12.1 Å². The molecule has 0 amide bonds. The predicted molar refractivity (Wildman–Crippen MR) is 81.2 cm³/mol. The molecule has 0 fully saturated rings. The molecule has 3 rings (SSSR count). The van der Waals surface area contributed by atoms with Gasteiger partial charge in [-0.1, -0.05) is 62.9 Å². The van der Waals surface area contributed by atoms with Gasteiger partial charge in [0.15, 0.2) is 10.8 Å². The summed E-state index contributed by atoms with van der Waals surface area (Å²) in [5.41, 5.74) is 1.33. The summed E-state index contributed by atoms with van der Waals surface area (Å²) in [7, 11) is 0. The number of hydrogen-bond donors (Lipinski definition) is 0. The minimum atomic E-state index is 0.266. The Morgan fingerprint density at radius 3 is 2.37 bits per heavy atom. The van der Waals surface area contributed by atoms with Gasteiger partial charge >= 0.3 is 0 Å². The van der Waals surface area contributed by atoms with Crippen molar-refractivity contribution in [1.29, 1.82) is 0 Å². The fourth-order valence-electron chi connectivity index (χ4n) is 1.77. The fraction of sp³-hybridized carbons (Fsp3) is 0. The number of hydrogen-bond acceptors (Lipinski definition) is 2. The third-order valence-corrected chi connectivity index (χ3v) is 3.83. The monoisotopic (exact) mass is 375 g/mol. The van der Waals surface area contributed by atoms with E-state index in [9.17, 15) is 0 Å². The Hall–Kier alpha value is -0.810. The number of benzene rings is 1. The highest BCUT2D eigenvalue weighted by Crippen LogP contribution is 2.30. The van der Waals surface area contributed by atoms with E-state index in [1.165, 1.54) is 0 Å². The van der Waals surface area contributed by atoms with E-state index < -0.39 is 0 Å². The Kier molecular flexibility index (Phi) is 3.43. The van der Waals surface area contributed by atoms with Crippen LogP contribution in [0.5, 0.6) is 0 Å². The largest absolute Gasteiger partial charge is 0.265 e. The number of rotatable bonds is 1. The zero-order chi connectivity index (χ0) is 13.6. The third kappa shape index (κ3) is 2.34. The first-order valence-electron chi connectivity index (χ1n) is 5.22. The van der Waals surface area contributed by atoms with Crippen LogP contribution in [0.15, 0.2) is 34.8 Å². The first-order chi connectivity index (χ1) is 9.06. The molecule has 19 heavy (non-hydrogen) atoms. The number of halogens is 4. The first kappa shape index (κ1) is 13.2. The molecule has 0 N–H and O–H groups in total. The standard InChI is InChI=1S/C12H5BrCl3N3/c13-7-3-1-6(2-4-7)11-18-10(16)12-17-8(14)5-9(15)19(11)12/h1-5H. The second-order valence-corrected chi connectivity index (χ2v) is 5.84. The van der Waals surface area contributed by atoms with E-state index in [1.54, 1.807) is 10.5 Å². The minimum Gasteiger partial charge on any atom is -0.265 e. The molecule has 7 heteroatoms. The van der Waals surface area contributed by atoms with Gasteiger partial charge in [0, 0.05) is 16.1 Å². The topological polar surface area (TPSA) is 30.2 Å². The molecule has 0 aliphatic carbocycles. The van der Waals surface area contributed by atoms with Gasteiger partial charge in [0.2, 0.25) is 0 Å². The van der Waals surface area contributed by atoms with E-state index in [2.05, 4.69) is 25.9 Å². The van der Waals surface area contributed by atoms with E-state index in [1.807, 2.05) is 24.3 Å². The zero-order valence-corrected chi connectivity index (χ0v) is 13.1. The van der Waals surface area contributed by atoms with E-state index in [-0.39, 0.29) is 10.3 Å². The molecule has 0 atom stereocenters. The Morgan fingerprint density at radius 1 is 1.00 bits per heavy atom. The second-order valence-electron chi connectivity index (χ2n) is 3.79. The van der Waals surface area contributed by atoms with Crippen molar-refractivity contribution in [3.63, 3.8) is 0 Å². The van der Waals surface area contributed by atoms with Crippen molar-refractivity contribution >= 4 is 56.4 Å². The Labute approximate surface area is 132 Å².